The van der Waals surface area contributed by atoms with Crippen molar-refractivity contribution in [3.63, 3.8) is 0 Å². The van der Waals surface area contributed by atoms with E-state index >= 15 is 0 Å². The zero-order valence-electron chi connectivity index (χ0n) is 4.80. The molecule has 0 fully saturated rings. The van der Waals surface area contributed by atoms with Gasteiger partial charge >= 0.3 is 0 Å². The first-order chi connectivity index (χ1) is 3.80. The van der Waals surface area contributed by atoms with Crippen molar-refractivity contribution < 1.29 is 0 Å². The summed E-state index contributed by atoms with van der Waals surface area (Å²) in [5.41, 5.74) is 10.9. The number of amidine groups is 1. The quantitative estimate of drug-likeness (QED) is 0.443. The summed E-state index contributed by atoms with van der Waals surface area (Å²) >= 11 is 0. The normalized spacial score (nSPS) is 29.6. The number of hydrogen-bond donors (Lipinski definition) is 2. The molecule has 1 heterocycles. The van der Waals surface area contributed by atoms with Crippen LogP contribution < -0.4 is 11.5 Å². The fourth-order valence-electron chi connectivity index (χ4n) is 0.784. The van der Waals surface area contributed by atoms with Gasteiger partial charge in [0.05, 0.1) is 6.04 Å². The Morgan fingerprint density at radius 1 is 1.62 bits per heavy atom. The molecule has 0 aromatic rings. The Balaban J connectivity index is 2.53. The minimum Gasteiger partial charge on any atom is -0.386 e. The summed E-state index contributed by atoms with van der Waals surface area (Å²) in [7, 11) is 0. The van der Waals surface area contributed by atoms with Gasteiger partial charge in [-0.05, 0) is 12.8 Å². The summed E-state index contributed by atoms with van der Waals surface area (Å²) in [6, 6.07) is 0.0312. The van der Waals surface area contributed by atoms with Crippen LogP contribution >= 0.6 is 0 Å². The van der Waals surface area contributed by atoms with Gasteiger partial charge in [0.2, 0.25) is 0 Å². The summed E-state index contributed by atoms with van der Waals surface area (Å²) in [4.78, 5) is 3.98. The van der Waals surface area contributed by atoms with Crippen LogP contribution in [-0.2, 0) is 0 Å². The van der Waals surface area contributed by atoms with Gasteiger partial charge in [-0.3, -0.25) is 4.99 Å². The average Bonchev–Trinajstić information content (AvgIpc) is 1.77. The van der Waals surface area contributed by atoms with Gasteiger partial charge in [0.15, 0.2) is 0 Å². The van der Waals surface area contributed by atoms with E-state index in [0.29, 0.717) is 5.84 Å². The van der Waals surface area contributed by atoms with Gasteiger partial charge < -0.3 is 11.5 Å². The Hall–Kier alpha value is -0.570. The van der Waals surface area contributed by atoms with Gasteiger partial charge in [0.25, 0.3) is 0 Å². The second-order valence-electron chi connectivity index (χ2n) is 2.06. The van der Waals surface area contributed by atoms with Crippen LogP contribution in [0.4, 0.5) is 0 Å². The molecule has 0 radical (unpaired) electrons. The predicted molar refractivity (Wildman–Crippen MR) is 33.7 cm³/mol. The monoisotopic (exact) mass is 113 g/mol. The second kappa shape index (κ2) is 2.13. The van der Waals surface area contributed by atoms with Crippen molar-refractivity contribution >= 4 is 5.84 Å². The lowest BCUT2D eigenvalue weighted by Crippen LogP contribution is -2.39. The largest absolute Gasteiger partial charge is 0.386 e. The van der Waals surface area contributed by atoms with Gasteiger partial charge in [0, 0.05) is 6.54 Å². The zero-order chi connectivity index (χ0) is 5.98. The highest BCUT2D eigenvalue weighted by molar-refractivity contribution is 5.85. The van der Waals surface area contributed by atoms with Crippen molar-refractivity contribution in [2.75, 3.05) is 6.54 Å². The molecule has 0 saturated heterocycles. The topological polar surface area (TPSA) is 64.4 Å². The third kappa shape index (κ3) is 0.980. The molecule has 0 amide bonds. The fraction of sp³-hybridized carbons (Fsp3) is 0.800. The second-order valence-corrected chi connectivity index (χ2v) is 2.06. The summed E-state index contributed by atoms with van der Waals surface area (Å²) in [5, 5.41) is 0. The van der Waals surface area contributed by atoms with Crippen molar-refractivity contribution in [2.24, 2.45) is 16.5 Å². The Bertz CT molecular complexity index is 108. The zero-order valence-corrected chi connectivity index (χ0v) is 4.80. The highest BCUT2D eigenvalue weighted by atomic mass is 14.9. The molecule has 1 aliphatic rings. The maximum absolute atomic E-state index is 5.52. The van der Waals surface area contributed by atoms with Gasteiger partial charge in [0.1, 0.15) is 5.84 Å². The Kier molecular flexibility index (Phi) is 1.48. The van der Waals surface area contributed by atoms with E-state index in [1.807, 2.05) is 0 Å². The Morgan fingerprint density at radius 2 is 2.38 bits per heavy atom. The lowest BCUT2D eigenvalue weighted by Gasteiger charge is -2.14. The first kappa shape index (κ1) is 5.56. The fourth-order valence-corrected chi connectivity index (χ4v) is 0.784. The molecule has 0 unspecified atom stereocenters. The van der Waals surface area contributed by atoms with Crippen LogP contribution in [0.3, 0.4) is 0 Å². The molecule has 1 atom stereocenters. The molecule has 46 valence electrons. The molecule has 8 heavy (non-hydrogen) atoms. The number of aliphatic imine (C=N–C) groups is 1. The lowest BCUT2D eigenvalue weighted by molar-refractivity contribution is 0.658. The molecule has 4 N–H and O–H groups in total. The highest BCUT2D eigenvalue weighted by Crippen LogP contribution is 2.00. The molecule has 0 saturated carbocycles. The lowest BCUT2D eigenvalue weighted by atomic mass is 10.1. The first-order valence-corrected chi connectivity index (χ1v) is 2.86. The minimum absolute atomic E-state index is 0.0312. The Labute approximate surface area is 48.8 Å². The molecule has 3 nitrogen and oxygen atoms in total. The number of rotatable bonds is 0. The smallest absolute Gasteiger partial charge is 0.111 e. The molecule has 1 rings (SSSR count). The van der Waals surface area contributed by atoms with Crippen molar-refractivity contribution in [1.29, 1.82) is 0 Å². The van der Waals surface area contributed by atoms with E-state index < -0.39 is 0 Å². The van der Waals surface area contributed by atoms with Crippen molar-refractivity contribution in [1.82, 2.24) is 0 Å². The van der Waals surface area contributed by atoms with Crippen LogP contribution in [0.2, 0.25) is 0 Å². The van der Waals surface area contributed by atoms with Crippen molar-refractivity contribution in [2.45, 2.75) is 18.9 Å². The van der Waals surface area contributed by atoms with E-state index in [-0.39, 0.29) is 6.04 Å². The van der Waals surface area contributed by atoms with Crippen molar-refractivity contribution in [3.8, 4) is 0 Å². The third-order valence-corrected chi connectivity index (χ3v) is 1.35. The molecule has 0 aliphatic carbocycles. The summed E-state index contributed by atoms with van der Waals surface area (Å²) in [5.74, 6) is 0.622. The first-order valence-electron chi connectivity index (χ1n) is 2.86. The van der Waals surface area contributed by atoms with Crippen molar-refractivity contribution in [3.05, 3.63) is 0 Å². The van der Waals surface area contributed by atoms with Crippen LogP contribution in [-0.4, -0.2) is 18.4 Å². The van der Waals surface area contributed by atoms with Gasteiger partial charge in [-0.1, -0.05) is 0 Å². The molecule has 3 heteroatoms. The number of nitrogens with zero attached hydrogens (tertiary/aromatic N) is 1. The molecule has 0 spiro atoms. The molecule has 0 aromatic heterocycles. The van der Waals surface area contributed by atoms with E-state index in [1.165, 1.54) is 0 Å². The van der Waals surface area contributed by atoms with E-state index in [4.69, 9.17) is 11.5 Å². The molecular weight excluding hydrogens is 102 g/mol. The number of nitrogens with two attached hydrogens (primary N) is 2. The summed E-state index contributed by atoms with van der Waals surface area (Å²) in [6.45, 7) is 0.861. The van der Waals surface area contributed by atoms with Gasteiger partial charge in [-0.2, -0.15) is 0 Å². The average molecular weight is 113 g/mol. The van der Waals surface area contributed by atoms with Gasteiger partial charge in [-0.25, -0.2) is 0 Å². The highest BCUT2D eigenvalue weighted by Gasteiger charge is 2.09. The Morgan fingerprint density at radius 3 is 2.75 bits per heavy atom. The molecule has 0 aromatic carbocycles. The maximum Gasteiger partial charge on any atom is 0.111 e. The van der Waals surface area contributed by atoms with Crippen LogP contribution in [0.25, 0.3) is 0 Å². The van der Waals surface area contributed by atoms with Crippen LogP contribution in [0.15, 0.2) is 4.99 Å². The van der Waals surface area contributed by atoms with Crippen LogP contribution in [0.5, 0.6) is 0 Å². The van der Waals surface area contributed by atoms with Crippen LogP contribution in [0, 0.1) is 0 Å². The third-order valence-electron chi connectivity index (χ3n) is 1.35. The van der Waals surface area contributed by atoms with E-state index in [9.17, 15) is 0 Å². The standard InChI is InChI=1S/C5H11N3/c6-4-2-1-3-8-5(4)7/h4H,1-3,6H2,(H2,7,8)/t4-/m0/s1. The molecular formula is C5H11N3. The van der Waals surface area contributed by atoms with E-state index in [0.717, 1.165) is 19.4 Å². The van der Waals surface area contributed by atoms with Crippen LogP contribution in [0.1, 0.15) is 12.8 Å². The minimum atomic E-state index is 0.0312. The van der Waals surface area contributed by atoms with E-state index in [2.05, 4.69) is 4.99 Å². The predicted octanol–water partition coefficient (Wildman–Crippen LogP) is -0.535. The molecule has 1 aliphatic heterocycles. The summed E-state index contributed by atoms with van der Waals surface area (Å²) < 4.78 is 0. The summed E-state index contributed by atoms with van der Waals surface area (Å²) in [6.07, 6.45) is 2.08. The van der Waals surface area contributed by atoms with Gasteiger partial charge in [-0.15, -0.1) is 0 Å². The molecule has 0 bridgehead atoms. The number of hydrogen-bond acceptors (Lipinski definition) is 3. The maximum atomic E-state index is 5.52. The van der Waals surface area contributed by atoms with E-state index in [1.54, 1.807) is 0 Å². The SMILES string of the molecule is NC1=NCCC[C@@H]1N.